The third-order valence-electron chi connectivity index (χ3n) is 5.30. The third kappa shape index (κ3) is 6.59. The number of benzene rings is 2. The number of aryl methyl sites for hydroxylation is 1. The van der Waals surface area contributed by atoms with Crippen LogP contribution >= 0.6 is 23.4 Å². The summed E-state index contributed by atoms with van der Waals surface area (Å²) < 4.78 is 2.02. The molecule has 2 aromatic carbocycles. The summed E-state index contributed by atoms with van der Waals surface area (Å²) in [6, 6.07) is 15.8. The molecular weight excluding hydrogens is 440 g/mol. The van der Waals surface area contributed by atoms with Crippen molar-refractivity contribution in [3.63, 3.8) is 0 Å². The van der Waals surface area contributed by atoms with Crippen molar-refractivity contribution in [2.45, 2.75) is 69.8 Å². The van der Waals surface area contributed by atoms with E-state index < -0.39 is 0 Å². The van der Waals surface area contributed by atoms with Crippen molar-refractivity contribution in [3.8, 4) is 5.69 Å². The summed E-state index contributed by atoms with van der Waals surface area (Å²) in [6.45, 7) is 6.16. The van der Waals surface area contributed by atoms with Gasteiger partial charge in [-0.15, -0.1) is 10.2 Å². The number of hydrogen-bond donors (Lipinski definition) is 1. The molecule has 0 fully saturated rings. The molecule has 170 valence electrons. The minimum Gasteiger partial charge on any atom is -0.346 e. The molecule has 1 N–H and O–H groups in total. The normalized spacial score (nSPS) is 12.0. The number of unbranched alkanes of at least 4 members (excludes halogenated alkanes) is 3. The van der Waals surface area contributed by atoms with Crippen molar-refractivity contribution in [2.24, 2.45) is 0 Å². The number of hydrogen-bond acceptors (Lipinski definition) is 4. The topological polar surface area (TPSA) is 59.8 Å². The first kappa shape index (κ1) is 24.3. The fraction of sp³-hybridized carbons (Fsp3) is 0.400. The van der Waals surface area contributed by atoms with E-state index in [1.807, 2.05) is 54.8 Å². The van der Waals surface area contributed by atoms with Gasteiger partial charge in [0.1, 0.15) is 0 Å². The maximum absolute atomic E-state index is 12.5. The minimum atomic E-state index is -0.273. The molecule has 1 unspecified atom stereocenters. The summed E-state index contributed by atoms with van der Waals surface area (Å²) in [5.41, 5.74) is 3.21. The number of carbonyl (C=O) groups is 1. The highest BCUT2D eigenvalue weighted by molar-refractivity contribution is 7.98. The van der Waals surface area contributed by atoms with E-state index in [0.29, 0.717) is 17.3 Å². The lowest BCUT2D eigenvalue weighted by Crippen LogP contribution is -2.28. The van der Waals surface area contributed by atoms with Gasteiger partial charge in [0, 0.05) is 17.2 Å². The molecule has 0 aliphatic rings. The van der Waals surface area contributed by atoms with E-state index in [1.165, 1.54) is 5.56 Å². The lowest BCUT2D eigenvalue weighted by molar-refractivity contribution is -0.121. The van der Waals surface area contributed by atoms with Gasteiger partial charge >= 0.3 is 0 Å². The van der Waals surface area contributed by atoms with E-state index in [-0.39, 0.29) is 11.9 Å². The van der Waals surface area contributed by atoms with Crippen LogP contribution in [-0.4, -0.2) is 20.7 Å². The molecule has 1 atom stereocenters. The van der Waals surface area contributed by atoms with Gasteiger partial charge in [-0.2, -0.15) is 0 Å². The number of nitrogens with zero attached hydrogens (tertiary/aromatic N) is 3. The maximum atomic E-state index is 12.5. The minimum absolute atomic E-state index is 0.0458. The van der Waals surface area contributed by atoms with E-state index in [2.05, 4.69) is 34.6 Å². The maximum Gasteiger partial charge on any atom is 0.220 e. The molecule has 0 aliphatic heterocycles. The molecule has 0 bridgehead atoms. The highest BCUT2D eigenvalue weighted by Gasteiger charge is 2.22. The van der Waals surface area contributed by atoms with Gasteiger partial charge in [-0.3, -0.25) is 9.36 Å². The molecule has 1 amide bonds. The number of aromatic nitrogens is 3. The van der Waals surface area contributed by atoms with Crippen LogP contribution in [-0.2, 0) is 10.5 Å². The van der Waals surface area contributed by atoms with Crippen molar-refractivity contribution in [2.75, 3.05) is 0 Å². The predicted octanol–water partition coefficient (Wildman–Crippen LogP) is 6.67. The Balaban J connectivity index is 1.84. The zero-order chi connectivity index (χ0) is 22.9. The number of nitrogens with one attached hydrogen (secondary N) is 1. The molecule has 0 saturated heterocycles. The van der Waals surface area contributed by atoms with Gasteiger partial charge in [-0.05, 0) is 43.5 Å². The Morgan fingerprint density at radius 3 is 2.66 bits per heavy atom. The molecule has 0 saturated carbocycles. The van der Waals surface area contributed by atoms with E-state index >= 15 is 0 Å². The van der Waals surface area contributed by atoms with Gasteiger partial charge in [0.15, 0.2) is 11.0 Å². The largest absolute Gasteiger partial charge is 0.346 e. The Bertz CT molecular complexity index is 1020. The number of thioether (sulfide) groups is 1. The molecule has 5 nitrogen and oxygen atoms in total. The molecule has 3 aromatic rings. The second kappa shape index (κ2) is 12.1. The van der Waals surface area contributed by atoms with Gasteiger partial charge in [0.05, 0.1) is 11.7 Å². The number of halogens is 1. The fourth-order valence-corrected chi connectivity index (χ4v) is 4.59. The molecule has 1 heterocycles. The van der Waals surface area contributed by atoms with E-state index in [0.717, 1.165) is 47.8 Å². The summed E-state index contributed by atoms with van der Waals surface area (Å²) in [5, 5.41) is 13.5. The highest BCUT2D eigenvalue weighted by atomic mass is 35.5. The SMILES string of the molecule is CCCCCCC(=O)NC(C)c1nnc(SCc2ccccc2)n1-c1cc(Cl)ccc1C. The predicted molar refractivity (Wildman–Crippen MR) is 132 cm³/mol. The quantitative estimate of drug-likeness (QED) is 0.251. The van der Waals surface area contributed by atoms with Crippen LogP contribution in [0.5, 0.6) is 0 Å². The molecule has 1 aromatic heterocycles. The zero-order valence-electron chi connectivity index (χ0n) is 19.0. The van der Waals surface area contributed by atoms with Crippen molar-refractivity contribution in [1.29, 1.82) is 0 Å². The Morgan fingerprint density at radius 2 is 1.91 bits per heavy atom. The molecule has 7 heteroatoms. The number of amides is 1. The molecule has 0 spiro atoms. The highest BCUT2D eigenvalue weighted by Crippen LogP contribution is 2.30. The Labute approximate surface area is 200 Å². The average Bonchev–Trinajstić information content (AvgIpc) is 3.21. The fourth-order valence-electron chi connectivity index (χ4n) is 3.52. The van der Waals surface area contributed by atoms with E-state index in [9.17, 15) is 4.79 Å². The second-order valence-electron chi connectivity index (χ2n) is 7.98. The Hall–Kier alpha value is -2.31. The molecular formula is C25H31ClN4OS. The first-order valence-electron chi connectivity index (χ1n) is 11.2. The van der Waals surface area contributed by atoms with Gasteiger partial charge in [-0.25, -0.2) is 0 Å². The Morgan fingerprint density at radius 1 is 1.12 bits per heavy atom. The smallest absolute Gasteiger partial charge is 0.220 e. The van der Waals surface area contributed by atoms with Gasteiger partial charge in [0.25, 0.3) is 0 Å². The summed E-state index contributed by atoms with van der Waals surface area (Å²) in [4.78, 5) is 12.5. The van der Waals surface area contributed by atoms with Crippen LogP contribution in [0.3, 0.4) is 0 Å². The summed E-state index contributed by atoms with van der Waals surface area (Å²) in [7, 11) is 0. The van der Waals surface area contributed by atoms with Crippen molar-refractivity contribution in [3.05, 3.63) is 70.5 Å². The van der Waals surface area contributed by atoms with Crippen LogP contribution in [0.25, 0.3) is 5.69 Å². The van der Waals surface area contributed by atoms with E-state index in [1.54, 1.807) is 11.8 Å². The number of carbonyl (C=O) groups excluding carboxylic acids is 1. The summed E-state index contributed by atoms with van der Waals surface area (Å²) >= 11 is 7.95. The molecule has 3 rings (SSSR count). The Kier molecular flexibility index (Phi) is 9.18. The molecule has 0 radical (unpaired) electrons. The number of rotatable bonds is 11. The van der Waals surface area contributed by atoms with Crippen LogP contribution in [0, 0.1) is 6.92 Å². The van der Waals surface area contributed by atoms with Crippen LogP contribution in [0.1, 0.15) is 68.9 Å². The van der Waals surface area contributed by atoms with Gasteiger partial charge < -0.3 is 5.32 Å². The third-order valence-corrected chi connectivity index (χ3v) is 6.54. The molecule has 0 aliphatic carbocycles. The molecule has 32 heavy (non-hydrogen) atoms. The van der Waals surface area contributed by atoms with Crippen molar-refractivity contribution in [1.82, 2.24) is 20.1 Å². The summed E-state index contributed by atoms with van der Waals surface area (Å²) in [5.74, 6) is 1.52. The monoisotopic (exact) mass is 470 g/mol. The van der Waals surface area contributed by atoms with Crippen molar-refractivity contribution < 1.29 is 4.79 Å². The second-order valence-corrected chi connectivity index (χ2v) is 9.36. The lowest BCUT2D eigenvalue weighted by atomic mass is 10.1. The van der Waals surface area contributed by atoms with Crippen LogP contribution in [0.15, 0.2) is 53.7 Å². The van der Waals surface area contributed by atoms with E-state index in [4.69, 9.17) is 11.6 Å². The van der Waals surface area contributed by atoms with Gasteiger partial charge in [0.2, 0.25) is 5.91 Å². The van der Waals surface area contributed by atoms with Crippen LogP contribution in [0.4, 0.5) is 0 Å². The van der Waals surface area contributed by atoms with Crippen LogP contribution in [0.2, 0.25) is 5.02 Å². The summed E-state index contributed by atoms with van der Waals surface area (Å²) in [6.07, 6.45) is 4.84. The first-order chi connectivity index (χ1) is 15.5. The van der Waals surface area contributed by atoms with Gasteiger partial charge in [-0.1, -0.05) is 85.9 Å². The lowest BCUT2D eigenvalue weighted by Gasteiger charge is -2.18. The van der Waals surface area contributed by atoms with Crippen LogP contribution < -0.4 is 5.32 Å². The standard InChI is InChI=1S/C25H31ClN4OS/c1-4-5-6-10-13-23(31)27-19(3)24-28-29-25(32-17-20-11-8-7-9-12-20)30(24)22-16-21(26)15-14-18(22)2/h7-9,11-12,14-16,19H,4-6,10,13,17H2,1-3H3,(H,27,31). The van der Waals surface area contributed by atoms with Crippen molar-refractivity contribution >= 4 is 29.3 Å². The first-order valence-corrected chi connectivity index (χ1v) is 12.5. The zero-order valence-corrected chi connectivity index (χ0v) is 20.5. The average molecular weight is 471 g/mol.